The Balaban J connectivity index is 1.15. The number of benzene rings is 3. The minimum absolute atomic E-state index is 0.0475. The maximum absolute atomic E-state index is 13.4. The van der Waals surface area contributed by atoms with E-state index in [2.05, 4.69) is 37.7 Å². The lowest BCUT2D eigenvalue weighted by molar-refractivity contribution is 0.102. The lowest BCUT2D eigenvalue weighted by atomic mass is 10.1. The van der Waals surface area contributed by atoms with E-state index in [4.69, 9.17) is 0 Å². The van der Waals surface area contributed by atoms with E-state index in [0.717, 1.165) is 68.7 Å². The second-order valence-corrected chi connectivity index (χ2v) is 9.20. The lowest BCUT2D eigenvalue weighted by Crippen LogP contribution is -2.47. The number of hydrogen-bond acceptors (Lipinski definition) is 5. The van der Waals surface area contributed by atoms with Gasteiger partial charge in [-0.2, -0.15) is 4.37 Å². The molecule has 1 fully saturated rings. The summed E-state index contributed by atoms with van der Waals surface area (Å²) in [4.78, 5) is 17.2. The number of nitrogens with zero attached hydrogens (tertiary/aromatic N) is 3. The minimum atomic E-state index is -0.776. The quantitative estimate of drug-likeness (QED) is 0.414. The molecule has 8 heteroatoms. The van der Waals surface area contributed by atoms with Crippen molar-refractivity contribution >= 4 is 39.0 Å². The van der Waals surface area contributed by atoms with Crippen molar-refractivity contribution in [1.82, 2.24) is 9.27 Å². The predicted molar refractivity (Wildman–Crippen MR) is 133 cm³/mol. The van der Waals surface area contributed by atoms with Gasteiger partial charge in [0.15, 0.2) is 0 Å². The third kappa shape index (κ3) is 5.08. The number of hydrogen-bond donors (Lipinski definition) is 1. The van der Waals surface area contributed by atoms with Crippen molar-refractivity contribution in [3.63, 3.8) is 0 Å². The molecule has 1 aliphatic heterocycles. The largest absolute Gasteiger partial charge is 0.353 e. The van der Waals surface area contributed by atoms with Crippen LogP contribution in [-0.4, -0.2) is 47.9 Å². The third-order valence-electron chi connectivity index (χ3n) is 6.06. The first-order valence-corrected chi connectivity index (χ1v) is 12.0. The fourth-order valence-corrected chi connectivity index (χ4v) is 5.06. The smallest absolute Gasteiger partial charge is 0.255 e. The van der Waals surface area contributed by atoms with Gasteiger partial charge in [0.2, 0.25) is 0 Å². The predicted octanol–water partition coefficient (Wildman–Crippen LogP) is 5.19. The van der Waals surface area contributed by atoms with Crippen molar-refractivity contribution < 1.29 is 13.6 Å². The van der Waals surface area contributed by atoms with Crippen molar-refractivity contribution in [1.29, 1.82) is 0 Å². The number of rotatable bonds is 6. The Morgan fingerprint density at radius 3 is 2.50 bits per heavy atom. The van der Waals surface area contributed by atoms with E-state index in [0.29, 0.717) is 5.69 Å². The molecule has 174 valence electrons. The summed E-state index contributed by atoms with van der Waals surface area (Å²) in [6.07, 6.45) is 0.845. The summed E-state index contributed by atoms with van der Waals surface area (Å²) in [6, 6.07) is 18.7. The molecule has 4 aromatic rings. The Morgan fingerprint density at radius 1 is 0.941 bits per heavy atom. The molecule has 0 aliphatic carbocycles. The Morgan fingerprint density at radius 2 is 1.71 bits per heavy atom. The van der Waals surface area contributed by atoms with Gasteiger partial charge < -0.3 is 10.2 Å². The van der Waals surface area contributed by atoms with Crippen LogP contribution in [0.4, 0.5) is 20.3 Å². The van der Waals surface area contributed by atoms with E-state index in [1.165, 1.54) is 10.1 Å². The molecule has 1 N–H and O–H groups in total. The summed E-state index contributed by atoms with van der Waals surface area (Å²) in [6.45, 7) is 4.72. The van der Waals surface area contributed by atoms with E-state index >= 15 is 0 Å². The maximum atomic E-state index is 13.4. The second-order valence-electron chi connectivity index (χ2n) is 8.39. The van der Waals surface area contributed by atoms with Gasteiger partial charge >= 0.3 is 0 Å². The fourth-order valence-electron chi connectivity index (χ4n) is 4.26. The molecule has 5 rings (SSSR count). The minimum Gasteiger partial charge on any atom is -0.353 e. The lowest BCUT2D eigenvalue weighted by Gasteiger charge is -2.35. The van der Waals surface area contributed by atoms with Crippen molar-refractivity contribution in [3.05, 3.63) is 89.5 Å². The van der Waals surface area contributed by atoms with Crippen LogP contribution in [0.2, 0.25) is 0 Å². The van der Waals surface area contributed by atoms with E-state index < -0.39 is 17.5 Å². The SMILES string of the molecule is O=C(Nc1cccc(CCN2CCN(c3nsc4ccccc34)CC2)c1)c1cc(F)cc(F)c1. The summed E-state index contributed by atoms with van der Waals surface area (Å²) in [7, 11) is 0. The molecule has 0 bridgehead atoms. The van der Waals surface area contributed by atoms with Gasteiger partial charge in [-0.15, -0.1) is 0 Å². The van der Waals surface area contributed by atoms with Crippen LogP contribution in [0.5, 0.6) is 0 Å². The van der Waals surface area contributed by atoms with Gasteiger partial charge in [0, 0.05) is 55.4 Å². The summed E-state index contributed by atoms with van der Waals surface area (Å²) in [5.41, 5.74) is 1.65. The van der Waals surface area contributed by atoms with Crippen molar-refractivity contribution in [2.45, 2.75) is 6.42 Å². The highest BCUT2D eigenvalue weighted by atomic mass is 32.1. The van der Waals surface area contributed by atoms with Crippen molar-refractivity contribution in [2.24, 2.45) is 0 Å². The Kier molecular flexibility index (Phi) is 6.51. The molecule has 5 nitrogen and oxygen atoms in total. The monoisotopic (exact) mass is 478 g/mol. The van der Waals surface area contributed by atoms with Crippen LogP contribution >= 0.6 is 11.5 Å². The van der Waals surface area contributed by atoms with Crippen LogP contribution in [0.25, 0.3) is 10.1 Å². The summed E-state index contributed by atoms with van der Waals surface area (Å²) >= 11 is 1.55. The molecule has 1 saturated heterocycles. The highest BCUT2D eigenvalue weighted by Gasteiger charge is 2.20. The number of carbonyl (C=O) groups excluding carboxylic acids is 1. The van der Waals surface area contributed by atoms with Crippen LogP contribution in [0.1, 0.15) is 15.9 Å². The van der Waals surface area contributed by atoms with Crippen molar-refractivity contribution in [3.8, 4) is 0 Å². The molecule has 0 atom stereocenters. The second kappa shape index (κ2) is 9.87. The van der Waals surface area contributed by atoms with E-state index in [-0.39, 0.29) is 5.56 Å². The van der Waals surface area contributed by atoms with Gasteiger partial charge in [-0.3, -0.25) is 9.69 Å². The zero-order valence-electron chi connectivity index (χ0n) is 18.5. The first-order chi connectivity index (χ1) is 16.5. The van der Waals surface area contributed by atoms with E-state index in [1.54, 1.807) is 17.6 Å². The molecule has 3 aromatic carbocycles. The van der Waals surface area contributed by atoms with Gasteiger partial charge in [-0.25, -0.2) is 8.78 Å². The van der Waals surface area contributed by atoms with Crippen molar-refractivity contribution in [2.75, 3.05) is 42.9 Å². The summed E-state index contributed by atoms with van der Waals surface area (Å²) in [5.74, 6) is -1.01. The van der Waals surface area contributed by atoms with E-state index in [9.17, 15) is 13.6 Å². The van der Waals surface area contributed by atoms with Crippen LogP contribution < -0.4 is 10.2 Å². The van der Waals surface area contributed by atoms with Gasteiger partial charge in [-0.05, 0) is 59.9 Å². The molecular weight excluding hydrogens is 454 g/mol. The Bertz CT molecular complexity index is 1300. The van der Waals surface area contributed by atoms with Crippen LogP contribution in [-0.2, 0) is 6.42 Å². The number of anilines is 2. The summed E-state index contributed by atoms with van der Waals surface area (Å²) in [5, 5.41) is 3.95. The molecule has 0 saturated carbocycles. The van der Waals surface area contributed by atoms with Crippen LogP contribution in [0.3, 0.4) is 0 Å². The Labute approximate surface area is 200 Å². The number of piperazine rings is 1. The van der Waals surface area contributed by atoms with Gasteiger partial charge in [0.25, 0.3) is 5.91 Å². The number of aromatic nitrogens is 1. The van der Waals surface area contributed by atoms with Crippen LogP contribution in [0, 0.1) is 11.6 Å². The molecule has 2 heterocycles. The van der Waals surface area contributed by atoms with Gasteiger partial charge in [0.05, 0.1) is 4.70 Å². The number of halogens is 2. The average molecular weight is 479 g/mol. The molecule has 0 unspecified atom stereocenters. The topological polar surface area (TPSA) is 48.5 Å². The number of amides is 1. The number of carbonyl (C=O) groups is 1. The molecule has 0 radical (unpaired) electrons. The normalized spacial score (nSPS) is 14.5. The Hall–Kier alpha value is -3.36. The standard InChI is InChI=1S/C26H24F2N4OS/c27-20-15-19(16-21(28)17-20)26(33)29-22-5-3-4-18(14-22)8-9-31-10-12-32(13-11-31)25-23-6-1-2-7-24(23)34-30-25/h1-7,14-17H,8-13H2,(H,29,33). The van der Waals surface area contributed by atoms with Gasteiger partial charge in [0.1, 0.15) is 17.5 Å². The molecule has 34 heavy (non-hydrogen) atoms. The first kappa shape index (κ1) is 22.4. The van der Waals surface area contributed by atoms with Crippen LogP contribution in [0.15, 0.2) is 66.7 Å². The zero-order chi connectivity index (χ0) is 23.5. The zero-order valence-corrected chi connectivity index (χ0v) is 19.3. The highest BCUT2D eigenvalue weighted by Crippen LogP contribution is 2.29. The maximum Gasteiger partial charge on any atom is 0.255 e. The number of nitrogens with one attached hydrogen (secondary N) is 1. The molecule has 1 aliphatic rings. The highest BCUT2D eigenvalue weighted by molar-refractivity contribution is 7.13. The molecular formula is C26H24F2N4OS. The van der Waals surface area contributed by atoms with E-state index in [1.807, 2.05) is 24.3 Å². The third-order valence-corrected chi connectivity index (χ3v) is 6.87. The summed E-state index contributed by atoms with van der Waals surface area (Å²) < 4.78 is 32.7. The molecule has 0 spiro atoms. The fraction of sp³-hybridized carbons (Fsp3) is 0.231. The molecule has 1 aromatic heterocycles. The number of fused-ring (bicyclic) bond motifs is 1. The molecule has 1 amide bonds. The van der Waals surface area contributed by atoms with Gasteiger partial charge in [-0.1, -0.05) is 24.3 Å². The first-order valence-electron chi connectivity index (χ1n) is 11.2. The average Bonchev–Trinajstić information content (AvgIpc) is 3.27.